The van der Waals surface area contributed by atoms with Crippen molar-refractivity contribution in [1.82, 2.24) is 5.32 Å². The minimum absolute atomic E-state index is 0.0439. The minimum atomic E-state index is -0.799. The molecule has 0 radical (unpaired) electrons. The van der Waals surface area contributed by atoms with Gasteiger partial charge in [-0.15, -0.1) is 0 Å². The van der Waals surface area contributed by atoms with Crippen molar-refractivity contribution in [2.75, 3.05) is 0 Å². The van der Waals surface area contributed by atoms with Gasteiger partial charge in [0.15, 0.2) is 5.78 Å². The first-order valence-electron chi connectivity index (χ1n) is 8.14. The number of carboxylic acids is 1. The number of amides is 1. The lowest BCUT2D eigenvalue weighted by atomic mass is 10.0. The molecule has 2 N–H and O–H groups in total. The van der Waals surface area contributed by atoms with E-state index in [-0.39, 0.29) is 36.5 Å². The van der Waals surface area contributed by atoms with E-state index < -0.39 is 5.97 Å². The number of aryl methyl sites for hydroxylation is 1. The summed E-state index contributed by atoms with van der Waals surface area (Å²) in [5, 5.41) is 11.8. The van der Waals surface area contributed by atoms with Crippen molar-refractivity contribution < 1.29 is 19.5 Å². The average Bonchev–Trinajstić information content (AvgIpc) is 3.01. The molecular formula is C18H23NO4. The van der Waals surface area contributed by atoms with E-state index in [1.165, 1.54) is 5.56 Å². The minimum Gasteiger partial charge on any atom is -0.481 e. The Hall–Kier alpha value is -2.17. The second kappa shape index (κ2) is 7.90. The summed E-state index contributed by atoms with van der Waals surface area (Å²) in [6.07, 6.45) is 3.01. The molecule has 2 atom stereocenters. The standard InChI is InChI=1S/C18H23NO4/c1-2-12-3-5-13(6-4-12)16(20)9-10-17(21)19-15-8-7-14(11-15)18(22)23/h3-6,14-15H,2,7-11H2,1H3,(H,19,21)(H,22,23)/t14-,15+/m0/s1. The molecule has 0 saturated heterocycles. The monoisotopic (exact) mass is 317 g/mol. The molecule has 1 amide bonds. The Morgan fingerprint density at radius 1 is 1.13 bits per heavy atom. The molecule has 124 valence electrons. The maximum absolute atomic E-state index is 12.1. The van der Waals surface area contributed by atoms with E-state index in [0.717, 1.165) is 6.42 Å². The van der Waals surface area contributed by atoms with Gasteiger partial charge in [-0.25, -0.2) is 0 Å². The van der Waals surface area contributed by atoms with Crippen LogP contribution in [-0.2, 0) is 16.0 Å². The van der Waals surface area contributed by atoms with Crippen molar-refractivity contribution in [3.05, 3.63) is 35.4 Å². The van der Waals surface area contributed by atoms with Crippen molar-refractivity contribution in [1.29, 1.82) is 0 Å². The lowest BCUT2D eigenvalue weighted by Crippen LogP contribution is -2.33. The molecule has 5 nitrogen and oxygen atoms in total. The van der Waals surface area contributed by atoms with Crippen molar-refractivity contribution in [3.8, 4) is 0 Å². The molecule has 1 saturated carbocycles. The summed E-state index contributed by atoms with van der Waals surface area (Å²) >= 11 is 0. The molecule has 1 aromatic carbocycles. The van der Waals surface area contributed by atoms with Gasteiger partial charge in [0.2, 0.25) is 5.91 Å². The topological polar surface area (TPSA) is 83.5 Å². The lowest BCUT2D eigenvalue weighted by molar-refractivity contribution is -0.141. The molecule has 0 heterocycles. The summed E-state index contributed by atoms with van der Waals surface area (Å²) < 4.78 is 0. The molecule has 1 aromatic rings. The fourth-order valence-corrected chi connectivity index (χ4v) is 2.93. The fourth-order valence-electron chi connectivity index (χ4n) is 2.93. The number of benzene rings is 1. The predicted molar refractivity (Wildman–Crippen MR) is 86.3 cm³/mol. The average molecular weight is 317 g/mol. The summed E-state index contributed by atoms with van der Waals surface area (Å²) in [6, 6.07) is 7.37. The largest absolute Gasteiger partial charge is 0.481 e. The number of nitrogens with one attached hydrogen (secondary N) is 1. The van der Waals surface area contributed by atoms with Crippen molar-refractivity contribution >= 4 is 17.7 Å². The first-order chi connectivity index (χ1) is 11.0. The molecule has 1 fully saturated rings. The highest BCUT2D eigenvalue weighted by Gasteiger charge is 2.30. The Morgan fingerprint density at radius 3 is 2.39 bits per heavy atom. The molecule has 0 aliphatic heterocycles. The second-order valence-electron chi connectivity index (χ2n) is 6.09. The van der Waals surface area contributed by atoms with Crippen LogP contribution in [0.3, 0.4) is 0 Å². The normalized spacial score (nSPS) is 20.2. The van der Waals surface area contributed by atoms with Crippen LogP contribution in [0.5, 0.6) is 0 Å². The Bertz CT molecular complexity index is 579. The number of carbonyl (C=O) groups is 3. The van der Waals surface area contributed by atoms with Gasteiger partial charge in [-0.2, -0.15) is 0 Å². The van der Waals surface area contributed by atoms with E-state index in [2.05, 4.69) is 12.2 Å². The maximum Gasteiger partial charge on any atom is 0.306 e. The van der Waals surface area contributed by atoms with Crippen molar-refractivity contribution in [2.45, 2.75) is 51.5 Å². The quantitative estimate of drug-likeness (QED) is 0.757. The van der Waals surface area contributed by atoms with Gasteiger partial charge in [-0.3, -0.25) is 14.4 Å². The van der Waals surface area contributed by atoms with E-state index in [4.69, 9.17) is 5.11 Å². The zero-order valence-corrected chi connectivity index (χ0v) is 13.4. The Balaban J connectivity index is 1.75. The molecule has 1 aliphatic rings. The summed E-state index contributed by atoms with van der Waals surface area (Å²) in [7, 11) is 0. The summed E-state index contributed by atoms with van der Waals surface area (Å²) in [6.45, 7) is 2.05. The number of aliphatic carboxylic acids is 1. The van der Waals surface area contributed by atoms with Crippen LogP contribution in [0.2, 0.25) is 0 Å². The molecule has 2 rings (SSSR count). The number of carboxylic acid groups (broad SMARTS) is 1. The van der Waals surface area contributed by atoms with Crippen molar-refractivity contribution in [2.24, 2.45) is 5.92 Å². The molecule has 0 aromatic heterocycles. The van der Waals surface area contributed by atoms with Crippen LogP contribution in [0.15, 0.2) is 24.3 Å². The van der Waals surface area contributed by atoms with Crippen LogP contribution in [0.4, 0.5) is 0 Å². The summed E-state index contributed by atoms with van der Waals surface area (Å²) in [5.41, 5.74) is 1.80. The van der Waals surface area contributed by atoms with Gasteiger partial charge in [0.1, 0.15) is 0 Å². The Kier molecular flexibility index (Phi) is 5.90. The first kappa shape index (κ1) is 17.2. The predicted octanol–water partition coefficient (Wildman–Crippen LogP) is 2.58. The summed E-state index contributed by atoms with van der Waals surface area (Å²) in [4.78, 5) is 34.9. The molecule has 0 spiro atoms. The third-order valence-electron chi connectivity index (χ3n) is 4.41. The molecule has 1 aliphatic carbocycles. The van der Waals surface area contributed by atoms with Gasteiger partial charge in [0, 0.05) is 24.4 Å². The van der Waals surface area contributed by atoms with Gasteiger partial charge >= 0.3 is 5.97 Å². The van der Waals surface area contributed by atoms with Crippen LogP contribution in [0.1, 0.15) is 54.9 Å². The molecular weight excluding hydrogens is 294 g/mol. The van der Waals surface area contributed by atoms with Gasteiger partial charge in [-0.1, -0.05) is 31.2 Å². The maximum atomic E-state index is 12.1. The number of hydrogen-bond donors (Lipinski definition) is 2. The molecule has 23 heavy (non-hydrogen) atoms. The van der Waals surface area contributed by atoms with E-state index in [0.29, 0.717) is 24.8 Å². The zero-order chi connectivity index (χ0) is 16.8. The third-order valence-corrected chi connectivity index (χ3v) is 4.41. The summed E-state index contributed by atoms with van der Waals surface area (Å²) in [5.74, 6) is -1.39. The zero-order valence-electron chi connectivity index (χ0n) is 13.4. The smallest absolute Gasteiger partial charge is 0.306 e. The fraction of sp³-hybridized carbons (Fsp3) is 0.500. The van der Waals surface area contributed by atoms with Crippen LogP contribution in [-0.4, -0.2) is 28.8 Å². The SMILES string of the molecule is CCc1ccc(C(=O)CCC(=O)N[C@@H]2CC[C@H](C(=O)O)C2)cc1. The van der Waals surface area contributed by atoms with E-state index >= 15 is 0 Å². The molecule has 5 heteroatoms. The van der Waals surface area contributed by atoms with Crippen LogP contribution < -0.4 is 5.32 Å². The number of ketones is 1. The van der Waals surface area contributed by atoms with Crippen LogP contribution in [0, 0.1) is 5.92 Å². The second-order valence-corrected chi connectivity index (χ2v) is 6.09. The molecule has 0 unspecified atom stereocenters. The van der Waals surface area contributed by atoms with Crippen molar-refractivity contribution in [3.63, 3.8) is 0 Å². The first-order valence-corrected chi connectivity index (χ1v) is 8.14. The number of carbonyl (C=O) groups excluding carboxylic acids is 2. The van der Waals surface area contributed by atoms with Gasteiger partial charge in [0.25, 0.3) is 0 Å². The number of rotatable bonds is 7. The lowest BCUT2D eigenvalue weighted by Gasteiger charge is -2.12. The molecule has 0 bridgehead atoms. The highest BCUT2D eigenvalue weighted by molar-refractivity contribution is 5.98. The highest BCUT2D eigenvalue weighted by atomic mass is 16.4. The highest BCUT2D eigenvalue weighted by Crippen LogP contribution is 2.25. The Labute approximate surface area is 136 Å². The number of hydrogen-bond acceptors (Lipinski definition) is 3. The van der Waals surface area contributed by atoms with Crippen LogP contribution >= 0.6 is 0 Å². The Morgan fingerprint density at radius 2 is 1.83 bits per heavy atom. The van der Waals surface area contributed by atoms with E-state index in [9.17, 15) is 14.4 Å². The van der Waals surface area contributed by atoms with Crippen LogP contribution in [0.25, 0.3) is 0 Å². The van der Waals surface area contributed by atoms with E-state index in [1.54, 1.807) is 12.1 Å². The van der Waals surface area contributed by atoms with Gasteiger partial charge in [0.05, 0.1) is 5.92 Å². The number of Topliss-reactive ketones (excluding diaryl/α,β-unsaturated/α-hetero) is 1. The third kappa shape index (κ3) is 4.91. The van der Waals surface area contributed by atoms with Gasteiger partial charge < -0.3 is 10.4 Å². The van der Waals surface area contributed by atoms with E-state index in [1.807, 2.05) is 12.1 Å². The van der Waals surface area contributed by atoms with Gasteiger partial charge in [-0.05, 0) is 31.2 Å².